The summed E-state index contributed by atoms with van der Waals surface area (Å²) in [6.07, 6.45) is 1.92. The van der Waals surface area contributed by atoms with Crippen molar-refractivity contribution >= 4 is 11.7 Å². The minimum absolute atomic E-state index is 0.335. The lowest BCUT2D eigenvalue weighted by Gasteiger charge is -2.48. The van der Waals surface area contributed by atoms with Gasteiger partial charge < -0.3 is 14.7 Å². The number of hydrogen-bond donors (Lipinski definition) is 1. The van der Waals surface area contributed by atoms with Gasteiger partial charge in [0.05, 0.1) is 17.8 Å². The lowest BCUT2D eigenvalue weighted by Crippen LogP contribution is -2.57. The van der Waals surface area contributed by atoms with Crippen LogP contribution in [0.5, 0.6) is 0 Å². The van der Waals surface area contributed by atoms with Crippen molar-refractivity contribution in [2.24, 2.45) is 0 Å². The average Bonchev–Trinajstić information content (AvgIpc) is 2.28. The molecule has 4 rings (SSSR count). The quantitative estimate of drug-likeness (QED) is 0.816. The second kappa shape index (κ2) is 3.49. The summed E-state index contributed by atoms with van der Waals surface area (Å²) < 4.78 is 5.55. The summed E-state index contributed by atoms with van der Waals surface area (Å²) in [5, 5.41) is 8.80. The molecule has 0 saturated carbocycles. The van der Waals surface area contributed by atoms with Crippen LogP contribution in [0.15, 0.2) is 24.3 Å². The lowest BCUT2D eigenvalue weighted by atomic mass is 9.98. The maximum absolute atomic E-state index is 10.7. The van der Waals surface area contributed by atoms with Gasteiger partial charge >= 0.3 is 5.97 Å². The van der Waals surface area contributed by atoms with E-state index < -0.39 is 5.97 Å². The van der Waals surface area contributed by atoms with E-state index in [-0.39, 0.29) is 0 Å². The molecule has 3 heterocycles. The van der Waals surface area contributed by atoms with Gasteiger partial charge in [-0.05, 0) is 24.3 Å². The maximum Gasteiger partial charge on any atom is 0.335 e. The third-order valence-corrected chi connectivity index (χ3v) is 3.24. The van der Waals surface area contributed by atoms with E-state index in [0.29, 0.717) is 17.8 Å². The molecule has 2 atom stereocenters. The highest BCUT2D eigenvalue weighted by Crippen LogP contribution is 2.31. The van der Waals surface area contributed by atoms with Gasteiger partial charge in [-0.2, -0.15) is 0 Å². The standard InChI is InChI=1S/C12H13NO3/c14-12(15)8-1-3-9(4-2-8)13-6-10-5-11(7-13)16-10/h1-4,10-11H,5-7H2,(H,14,15). The normalized spacial score (nSPS) is 27.4. The topological polar surface area (TPSA) is 49.8 Å². The highest BCUT2D eigenvalue weighted by Gasteiger charge is 2.38. The second-order valence-corrected chi connectivity index (χ2v) is 4.37. The molecule has 3 aliphatic heterocycles. The van der Waals surface area contributed by atoms with Crippen LogP contribution in [-0.2, 0) is 4.74 Å². The molecule has 1 N–H and O–H groups in total. The highest BCUT2D eigenvalue weighted by atomic mass is 16.5. The molecule has 0 aromatic heterocycles. The summed E-state index contributed by atoms with van der Waals surface area (Å²) in [6, 6.07) is 7.04. The van der Waals surface area contributed by atoms with Crippen LogP contribution >= 0.6 is 0 Å². The van der Waals surface area contributed by atoms with Crippen molar-refractivity contribution in [1.82, 2.24) is 0 Å². The fourth-order valence-electron chi connectivity index (χ4n) is 2.38. The molecule has 3 fully saturated rings. The molecule has 0 amide bonds. The number of nitrogens with zero attached hydrogens (tertiary/aromatic N) is 1. The van der Waals surface area contributed by atoms with E-state index in [1.54, 1.807) is 12.1 Å². The van der Waals surface area contributed by atoms with Gasteiger partial charge in [0.2, 0.25) is 0 Å². The minimum Gasteiger partial charge on any atom is -0.478 e. The Balaban J connectivity index is 1.77. The largest absolute Gasteiger partial charge is 0.478 e. The van der Waals surface area contributed by atoms with Crippen LogP contribution in [0.3, 0.4) is 0 Å². The molecule has 0 spiro atoms. The predicted octanol–water partition coefficient (Wildman–Crippen LogP) is 1.36. The summed E-state index contributed by atoms with van der Waals surface area (Å²) in [6.45, 7) is 1.84. The Bertz CT molecular complexity index is 399. The number of rotatable bonds is 2. The molecule has 16 heavy (non-hydrogen) atoms. The van der Waals surface area contributed by atoms with E-state index in [1.165, 1.54) is 6.42 Å². The molecular weight excluding hydrogens is 206 g/mol. The number of carbonyl (C=O) groups is 1. The minimum atomic E-state index is -0.878. The van der Waals surface area contributed by atoms with Crippen molar-refractivity contribution in [3.05, 3.63) is 29.8 Å². The van der Waals surface area contributed by atoms with Gasteiger partial charge in [0.1, 0.15) is 0 Å². The zero-order chi connectivity index (χ0) is 11.1. The zero-order valence-corrected chi connectivity index (χ0v) is 8.80. The Hall–Kier alpha value is -1.55. The SMILES string of the molecule is O=C(O)c1ccc(N2CC3CC(C2)O3)cc1. The van der Waals surface area contributed by atoms with Crippen molar-refractivity contribution in [2.75, 3.05) is 18.0 Å². The molecule has 1 aromatic rings. The van der Waals surface area contributed by atoms with Crippen LogP contribution in [0.2, 0.25) is 0 Å². The van der Waals surface area contributed by atoms with Crippen molar-refractivity contribution in [3.63, 3.8) is 0 Å². The molecule has 84 valence electrons. The van der Waals surface area contributed by atoms with E-state index in [4.69, 9.17) is 9.84 Å². The molecule has 4 nitrogen and oxygen atoms in total. The predicted molar refractivity (Wildman–Crippen MR) is 58.9 cm³/mol. The van der Waals surface area contributed by atoms with Crippen molar-refractivity contribution in [1.29, 1.82) is 0 Å². The Morgan fingerprint density at radius 1 is 1.25 bits per heavy atom. The van der Waals surface area contributed by atoms with Crippen LogP contribution in [-0.4, -0.2) is 36.4 Å². The van der Waals surface area contributed by atoms with E-state index in [0.717, 1.165) is 18.8 Å². The van der Waals surface area contributed by atoms with Gasteiger partial charge in [0.25, 0.3) is 0 Å². The molecule has 3 aliphatic rings. The smallest absolute Gasteiger partial charge is 0.335 e. The van der Waals surface area contributed by atoms with Gasteiger partial charge in [0.15, 0.2) is 0 Å². The van der Waals surface area contributed by atoms with Crippen LogP contribution in [0.4, 0.5) is 5.69 Å². The molecule has 1 aromatic carbocycles. The van der Waals surface area contributed by atoms with E-state index in [1.807, 2.05) is 12.1 Å². The number of morpholine rings is 1. The molecule has 2 bridgehead atoms. The first-order valence-corrected chi connectivity index (χ1v) is 5.46. The van der Waals surface area contributed by atoms with Gasteiger partial charge in [-0.25, -0.2) is 4.79 Å². The number of benzene rings is 1. The fourth-order valence-corrected chi connectivity index (χ4v) is 2.38. The third kappa shape index (κ3) is 1.55. The van der Waals surface area contributed by atoms with Gasteiger partial charge in [-0.1, -0.05) is 0 Å². The van der Waals surface area contributed by atoms with Crippen molar-refractivity contribution < 1.29 is 14.6 Å². The molecule has 2 unspecified atom stereocenters. The zero-order valence-electron chi connectivity index (χ0n) is 8.80. The summed E-state index contributed by atoms with van der Waals surface area (Å²) >= 11 is 0. The van der Waals surface area contributed by atoms with Gasteiger partial charge in [-0.3, -0.25) is 0 Å². The first-order valence-electron chi connectivity index (χ1n) is 5.46. The second-order valence-electron chi connectivity index (χ2n) is 4.37. The number of hydrogen-bond acceptors (Lipinski definition) is 3. The average molecular weight is 219 g/mol. The number of fused-ring (bicyclic) bond motifs is 2. The Morgan fingerprint density at radius 2 is 1.81 bits per heavy atom. The van der Waals surface area contributed by atoms with E-state index in [9.17, 15) is 4.79 Å². The maximum atomic E-state index is 10.7. The first kappa shape index (κ1) is 9.66. The lowest BCUT2D eigenvalue weighted by molar-refractivity contribution is -0.133. The van der Waals surface area contributed by atoms with Crippen molar-refractivity contribution in [3.8, 4) is 0 Å². The fraction of sp³-hybridized carbons (Fsp3) is 0.417. The molecule has 0 aliphatic carbocycles. The van der Waals surface area contributed by atoms with Gasteiger partial charge in [0, 0.05) is 25.2 Å². The Kier molecular flexibility index (Phi) is 2.11. The summed E-state index contributed by atoms with van der Waals surface area (Å²) in [5.41, 5.74) is 1.42. The van der Waals surface area contributed by atoms with Crippen LogP contribution in [0.1, 0.15) is 16.8 Å². The van der Waals surface area contributed by atoms with Crippen molar-refractivity contribution in [2.45, 2.75) is 18.6 Å². The number of anilines is 1. The monoisotopic (exact) mass is 219 g/mol. The Labute approximate surface area is 93.4 Å². The molecule has 3 saturated heterocycles. The van der Waals surface area contributed by atoms with Crippen LogP contribution < -0.4 is 4.90 Å². The number of carboxylic acids is 1. The Morgan fingerprint density at radius 3 is 2.31 bits per heavy atom. The first-order chi connectivity index (χ1) is 7.72. The summed E-state index contributed by atoms with van der Waals surface area (Å²) in [5.74, 6) is -0.878. The summed E-state index contributed by atoms with van der Waals surface area (Å²) in [7, 11) is 0. The molecule has 4 heteroatoms. The number of piperidine rings is 1. The van der Waals surface area contributed by atoms with Gasteiger partial charge in [-0.15, -0.1) is 0 Å². The molecule has 0 radical (unpaired) electrons. The number of ether oxygens (including phenoxy) is 1. The van der Waals surface area contributed by atoms with E-state index >= 15 is 0 Å². The van der Waals surface area contributed by atoms with E-state index in [2.05, 4.69) is 4.90 Å². The third-order valence-electron chi connectivity index (χ3n) is 3.24. The summed E-state index contributed by atoms with van der Waals surface area (Å²) in [4.78, 5) is 13.0. The van der Waals surface area contributed by atoms with Crippen LogP contribution in [0, 0.1) is 0 Å². The highest BCUT2D eigenvalue weighted by molar-refractivity contribution is 5.88. The number of aromatic carboxylic acids is 1. The molecular formula is C12H13NO3. The van der Waals surface area contributed by atoms with Crippen LogP contribution in [0.25, 0.3) is 0 Å². The number of carboxylic acid groups (broad SMARTS) is 1.